The van der Waals surface area contributed by atoms with Gasteiger partial charge < -0.3 is 54.3 Å². The topological polar surface area (TPSA) is 375 Å². The molecule has 280 valence electrons. The van der Waals surface area contributed by atoms with Crippen molar-refractivity contribution in [1.29, 1.82) is 0 Å². The average molecular weight is 767 g/mol. The Kier molecular flexibility index (Phi) is 13.6. The van der Waals surface area contributed by atoms with Crippen LogP contribution in [0.25, 0.3) is 0 Å². The summed E-state index contributed by atoms with van der Waals surface area (Å²) in [5.41, 5.74) is 0. The SMILES string of the molecule is CC1OC(COCC2C(COC3OC(C(=O)O)=CC(O)C3O)C(O)OC(COS(=O)(=O)O)[C@H]2O)C(OS(=O)(=O)O)C(O)[C@@H]1OS(=O)(=O)O. The van der Waals surface area contributed by atoms with Gasteiger partial charge in [-0.2, -0.15) is 25.3 Å². The first-order valence-corrected chi connectivity index (χ1v) is 17.5. The van der Waals surface area contributed by atoms with Crippen molar-refractivity contribution >= 4 is 37.2 Å². The van der Waals surface area contributed by atoms with Crippen LogP contribution in [0.4, 0.5) is 0 Å². The number of aliphatic carboxylic acids is 1. The third kappa shape index (κ3) is 11.4. The molecule has 3 aliphatic heterocycles. The first-order chi connectivity index (χ1) is 22.0. The smallest absolute Gasteiger partial charge is 0.397 e. The summed E-state index contributed by atoms with van der Waals surface area (Å²) in [6, 6.07) is 0. The van der Waals surface area contributed by atoms with Crippen LogP contribution >= 0.6 is 0 Å². The van der Waals surface area contributed by atoms with E-state index in [1.807, 2.05) is 0 Å². The minimum atomic E-state index is -5.35. The van der Waals surface area contributed by atoms with E-state index in [2.05, 4.69) is 12.5 Å². The Balaban J connectivity index is 1.80. The maximum absolute atomic E-state index is 11.5. The van der Waals surface area contributed by atoms with Crippen molar-refractivity contribution in [3.63, 3.8) is 0 Å². The Morgan fingerprint density at radius 3 is 1.92 bits per heavy atom. The summed E-state index contributed by atoms with van der Waals surface area (Å²) in [4.78, 5) is 11.3. The van der Waals surface area contributed by atoms with Crippen molar-refractivity contribution in [2.45, 2.75) is 74.4 Å². The zero-order chi connectivity index (χ0) is 36.4. The van der Waals surface area contributed by atoms with Gasteiger partial charge in [-0.1, -0.05) is 0 Å². The van der Waals surface area contributed by atoms with E-state index in [4.69, 9.17) is 37.9 Å². The number of rotatable bonds is 15. The highest BCUT2D eigenvalue weighted by molar-refractivity contribution is 7.81. The zero-order valence-electron chi connectivity index (χ0n) is 24.3. The molecule has 2 fully saturated rings. The van der Waals surface area contributed by atoms with E-state index >= 15 is 0 Å². The van der Waals surface area contributed by atoms with Gasteiger partial charge in [-0.25, -0.2) is 17.3 Å². The second-order valence-corrected chi connectivity index (χ2v) is 13.8. The fourth-order valence-corrected chi connectivity index (χ4v) is 6.41. The number of carboxylic acids is 1. The number of aliphatic hydroxyl groups excluding tert-OH is 5. The van der Waals surface area contributed by atoms with Gasteiger partial charge in [0.1, 0.15) is 42.7 Å². The second kappa shape index (κ2) is 16.1. The molecular formula is C21H34O24S3. The van der Waals surface area contributed by atoms with E-state index in [1.54, 1.807) is 0 Å². The summed E-state index contributed by atoms with van der Waals surface area (Å²) >= 11 is 0. The molecule has 3 rings (SSSR count). The normalized spacial score (nSPS) is 38.2. The summed E-state index contributed by atoms with van der Waals surface area (Å²) < 4.78 is 134. The van der Waals surface area contributed by atoms with Crippen LogP contribution in [0.3, 0.4) is 0 Å². The molecular weight excluding hydrogens is 732 g/mol. The van der Waals surface area contributed by atoms with Crippen LogP contribution in [0.1, 0.15) is 6.92 Å². The van der Waals surface area contributed by atoms with Crippen LogP contribution < -0.4 is 0 Å². The minimum absolute atomic E-state index is 0.687. The highest BCUT2D eigenvalue weighted by Crippen LogP contribution is 2.34. The lowest BCUT2D eigenvalue weighted by Crippen LogP contribution is -2.60. The first-order valence-electron chi connectivity index (χ1n) is 13.4. The van der Waals surface area contributed by atoms with E-state index in [9.17, 15) is 60.1 Å². The standard InChI is InChI=1S/C21H34O24S3/c1-7-17(44-47(32,33)34)16(25)18(45-48(35,36)37)13(41-7)5-38-3-8-9(20(28)42-12(14(8)23)6-40-46(29,30)31)4-39-21-15(24)10(22)2-11(43-21)19(26)27/h2,7-10,12-18,20-25,28H,3-6H2,1H3,(H,26,27)(H,29,30,31)(H,32,33,34)(H,35,36,37)/t7?,8?,9?,10?,12?,13?,14-,15?,16?,17+,18?,20?,21?/m0/s1. The summed E-state index contributed by atoms with van der Waals surface area (Å²) in [5, 5.41) is 61.6. The molecule has 0 amide bonds. The van der Waals surface area contributed by atoms with Crippen molar-refractivity contribution in [3.8, 4) is 0 Å². The molecule has 0 aromatic carbocycles. The molecule has 9 N–H and O–H groups in total. The predicted molar refractivity (Wildman–Crippen MR) is 144 cm³/mol. The van der Waals surface area contributed by atoms with Crippen LogP contribution in [0.2, 0.25) is 0 Å². The molecule has 0 aromatic rings. The van der Waals surface area contributed by atoms with Crippen LogP contribution in [0, 0.1) is 11.8 Å². The van der Waals surface area contributed by atoms with Crippen molar-refractivity contribution in [3.05, 3.63) is 11.8 Å². The molecule has 24 nitrogen and oxygen atoms in total. The van der Waals surface area contributed by atoms with Gasteiger partial charge in [-0.3, -0.25) is 13.7 Å². The van der Waals surface area contributed by atoms with Gasteiger partial charge in [0.2, 0.25) is 12.0 Å². The Hall–Kier alpha value is -1.74. The van der Waals surface area contributed by atoms with E-state index in [-0.39, 0.29) is 0 Å². The number of hydrogen-bond acceptors (Lipinski definition) is 20. The fraction of sp³-hybridized carbons (Fsp3) is 0.857. The van der Waals surface area contributed by atoms with Gasteiger partial charge in [0.15, 0.2) is 6.29 Å². The highest BCUT2D eigenvalue weighted by Gasteiger charge is 2.50. The third-order valence-electron chi connectivity index (χ3n) is 7.24. The Bertz CT molecular complexity index is 1460. The number of carbonyl (C=O) groups is 1. The van der Waals surface area contributed by atoms with Crippen LogP contribution in [-0.2, 0) is 72.2 Å². The molecule has 13 atom stereocenters. The van der Waals surface area contributed by atoms with Crippen LogP contribution in [0.15, 0.2) is 11.8 Å². The summed E-state index contributed by atoms with van der Waals surface area (Å²) in [6.07, 6.45) is -19.5. The Labute approximate surface area is 272 Å². The minimum Gasteiger partial charge on any atom is -0.475 e. The van der Waals surface area contributed by atoms with E-state index in [1.165, 1.54) is 0 Å². The maximum atomic E-state index is 11.5. The zero-order valence-corrected chi connectivity index (χ0v) is 26.7. The molecule has 2 saturated heterocycles. The van der Waals surface area contributed by atoms with Crippen molar-refractivity contribution < 1.29 is 111 Å². The third-order valence-corrected chi connectivity index (χ3v) is 8.60. The van der Waals surface area contributed by atoms with Crippen LogP contribution in [-0.4, -0.2) is 169 Å². The van der Waals surface area contributed by atoms with Gasteiger partial charge >= 0.3 is 37.2 Å². The van der Waals surface area contributed by atoms with Crippen molar-refractivity contribution in [2.75, 3.05) is 26.4 Å². The summed E-state index contributed by atoms with van der Waals surface area (Å²) in [7, 11) is -15.6. The Morgan fingerprint density at radius 2 is 1.35 bits per heavy atom. The number of carboxylic acid groups (broad SMARTS) is 1. The van der Waals surface area contributed by atoms with Gasteiger partial charge in [0.25, 0.3) is 0 Å². The average Bonchev–Trinajstić information content (AvgIpc) is 2.93. The molecule has 3 heterocycles. The van der Waals surface area contributed by atoms with E-state index in [0.29, 0.717) is 6.08 Å². The van der Waals surface area contributed by atoms with E-state index in [0.717, 1.165) is 6.92 Å². The predicted octanol–water partition coefficient (Wildman–Crippen LogP) is -5.28. The molecule has 0 aromatic heterocycles. The lowest BCUT2D eigenvalue weighted by atomic mass is 9.83. The van der Waals surface area contributed by atoms with E-state index < -0.39 is 149 Å². The van der Waals surface area contributed by atoms with Gasteiger partial charge in [-0.15, -0.1) is 0 Å². The first kappa shape index (κ1) is 40.7. The maximum Gasteiger partial charge on any atom is 0.397 e. The molecule has 0 spiro atoms. The highest BCUT2D eigenvalue weighted by atomic mass is 32.3. The Morgan fingerprint density at radius 1 is 0.750 bits per heavy atom. The lowest BCUT2D eigenvalue weighted by molar-refractivity contribution is -0.284. The molecule has 0 radical (unpaired) electrons. The van der Waals surface area contributed by atoms with Gasteiger partial charge in [-0.05, 0) is 13.0 Å². The van der Waals surface area contributed by atoms with Crippen LogP contribution in [0.5, 0.6) is 0 Å². The number of hydrogen-bond donors (Lipinski definition) is 9. The van der Waals surface area contributed by atoms with Gasteiger partial charge in [0, 0.05) is 11.8 Å². The molecule has 27 heteroatoms. The fourth-order valence-electron chi connectivity index (χ4n) is 5.03. The second-order valence-electron chi connectivity index (χ2n) is 10.6. The molecule has 48 heavy (non-hydrogen) atoms. The lowest BCUT2D eigenvalue weighted by Gasteiger charge is -2.44. The molecule has 0 aliphatic carbocycles. The monoisotopic (exact) mass is 766 g/mol. The van der Waals surface area contributed by atoms with Gasteiger partial charge in [0.05, 0.1) is 38.6 Å². The van der Waals surface area contributed by atoms with Crippen molar-refractivity contribution in [2.24, 2.45) is 11.8 Å². The van der Waals surface area contributed by atoms with Crippen molar-refractivity contribution in [1.82, 2.24) is 0 Å². The largest absolute Gasteiger partial charge is 0.475 e. The summed E-state index contributed by atoms with van der Waals surface area (Å²) in [6.45, 7) is -2.10. The molecule has 0 bridgehead atoms. The molecule has 3 aliphatic rings. The molecule has 11 unspecified atom stereocenters. The summed E-state index contributed by atoms with van der Waals surface area (Å²) in [5.74, 6) is -5.21. The molecule has 0 saturated carbocycles. The number of ether oxygens (including phenoxy) is 5. The number of aliphatic hydroxyl groups is 5. The quantitative estimate of drug-likeness (QED) is 0.0703.